The zero-order chi connectivity index (χ0) is 17.7. The van der Waals surface area contributed by atoms with E-state index in [1.807, 2.05) is 4.90 Å². The molecular weight excluding hydrogens is 310 g/mol. The first kappa shape index (κ1) is 18.5. The number of carbonyl (C=O) groups is 1. The van der Waals surface area contributed by atoms with Crippen LogP contribution in [0.5, 0.6) is 11.5 Å². The van der Waals surface area contributed by atoms with Gasteiger partial charge in [0.1, 0.15) is 17.5 Å². The van der Waals surface area contributed by atoms with E-state index in [9.17, 15) is 9.90 Å². The Morgan fingerprint density at radius 1 is 1.33 bits per heavy atom. The lowest BCUT2D eigenvalue weighted by molar-refractivity contribution is -0.155. The maximum Gasteiger partial charge on any atom is 0.325 e. The monoisotopic (exact) mass is 337 g/mol. The molecule has 1 N–H and O–H groups in total. The van der Waals surface area contributed by atoms with E-state index in [1.165, 1.54) is 0 Å². The van der Waals surface area contributed by atoms with Crippen molar-refractivity contribution < 1.29 is 24.1 Å². The van der Waals surface area contributed by atoms with Crippen LogP contribution >= 0.6 is 0 Å². The zero-order valence-corrected chi connectivity index (χ0v) is 14.9. The minimum absolute atomic E-state index is 0.294. The number of nitrogens with zero attached hydrogens (tertiary/aromatic N) is 1. The third-order valence-electron chi connectivity index (χ3n) is 4.90. The van der Waals surface area contributed by atoms with Crippen molar-refractivity contribution in [2.75, 3.05) is 33.9 Å². The Labute approximate surface area is 143 Å². The predicted octanol–water partition coefficient (Wildman–Crippen LogP) is 2.72. The Bertz CT molecular complexity index is 571. The van der Waals surface area contributed by atoms with E-state index >= 15 is 0 Å². The second-order valence-corrected chi connectivity index (χ2v) is 6.06. The van der Waals surface area contributed by atoms with Crippen LogP contribution in [0.15, 0.2) is 18.2 Å². The summed E-state index contributed by atoms with van der Waals surface area (Å²) in [4.78, 5) is 14.0. The normalized spacial score (nSPS) is 18.8. The van der Waals surface area contributed by atoms with Gasteiger partial charge in [0, 0.05) is 18.7 Å². The summed E-state index contributed by atoms with van der Waals surface area (Å²) in [6.45, 7) is 5.83. The number of hydrogen-bond donors (Lipinski definition) is 1. The van der Waals surface area contributed by atoms with Crippen LogP contribution in [-0.2, 0) is 9.53 Å². The van der Waals surface area contributed by atoms with Gasteiger partial charge in [0.15, 0.2) is 0 Å². The highest BCUT2D eigenvalue weighted by Crippen LogP contribution is 2.36. The Hall–Kier alpha value is -1.79. The Morgan fingerprint density at radius 2 is 2.04 bits per heavy atom. The van der Waals surface area contributed by atoms with Gasteiger partial charge in [0.2, 0.25) is 0 Å². The maximum absolute atomic E-state index is 12.1. The summed E-state index contributed by atoms with van der Waals surface area (Å²) in [5.74, 6) is 0.264. The highest BCUT2D eigenvalue weighted by molar-refractivity contribution is 5.77. The van der Waals surface area contributed by atoms with E-state index < -0.39 is 12.0 Å². The number of carboxylic acid groups (broad SMARTS) is 1. The van der Waals surface area contributed by atoms with Gasteiger partial charge in [-0.15, -0.1) is 0 Å². The number of aliphatic carboxylic acids is 1. The molecule has 1 aromatic carbocycles. The molecule has 6 nitrogen and oxygen atoms in total. The van der Waals surface area contributed by atoms with Gasteiger partial charge in [0.25, 0.3) is 0 Å². The van der Waals surface area contributed by atoms with E-state index in [0.717, 1.165) is 12.8 Å². The van der Waals surface area contributed by atoms with Gasteiger partial charge in [0.05, 0.1) is 26.4 Å². The first-order valence-corrected chi connectivity index (χ1v) is 8.33. The molecule has 1 aliphatic rings. The molecule has 0 radical (unpaired) electrons. The number of ether oxygens (including phenoxy) is 3. The van der Waals surface area contributed by atoms with Gasteiger partial charge in [-0.1, -0.05) is 13.8 Å². The van der Waals surface area contributed by atoms with Gasteiger partial charge >= 0.3 is 5.97 Å². The highest BCUT2D eigenvalue weighted by Gasteiger charge is 2.40. The second kappa shape index (κ2) is 7.85. The van der Waals surface area contributed by atoms with Crippen LogP contribution in [0.25, 0.3) is 0 Å². The predicted molar refractivity (Wildman–Crippen MR) is 90.8 cm³/mol. The summed E-state index contributed by atoms with van der Waals surface area (Å²) in [5.41, 5.74) is 0.310. The van der Waals surface area contributed by atoms with Gasteiger partial charge in [-0.25, -0.2) is 0 Å². The number of benzene rings is 1. The van der Waals surface area contributed by atoms with Crippen LogP contribution < -0.4 is 9.47 Å². The average Bonchev–Trinajstić information content (AvgIpc) is 2.61. The molecule has 1 fully saturated rings. The number of morpholine rings is 1. The fraction of sp³-hybridized carbons (Fsp3) is 0.611. The lowest BCUT2D eigenvalue weighted by Crippen LogP contribution is -2.53. The fourth-order valence-corrected chi connectivity index (χ4v) is 3.31. The largest absolute Gasteiger partial charge is 0.497 e. The number of rotatable bonds is 7. The van der Waals surface area contributed by atoms with Crippen molar-refractivity contribution >= 4 is 5.97 Å². The molecule has 134 valence electrons. The van der Waals surface area contributed by atoms with Crippen molar-refractivity contribution in [3.8, 4) is 11.5 Å². The molecule has 0 saturated carbocycles. The Balaban J connectivity index is 2.41. The fourth-order valence-electron chi connectivity index (χ4n) is 3.31. The first-order valence-electron chi connectivity index (χ1n) is 8.33. The molecule has 0 bridgehead atoms. The van der Waals surface area contributed by atoms with Gasteiger partial charge < -0.3 is 19.3 Å². The van der Waals surface area contributed by atoms with Crippen molar-refractivity contribution in [2.24, 2.45) is 0 Å². The van der Waals surface area contributed by atoms with Crippen molar-refractivity contribution in [1.82, 2.24) is 4.90 Å². The number of hydrogen-bond acceptors (Lipinski definition) is 5. The lowest BCUT2D eigenvalue weighted by atomic mass is 9.92. The summed E-state index contributed by atoms with van der Waals surface area (Å²) in [7, 11) is 3.11. The quantitative estimate of drug-likeness (QED) is 0.825. The van der Waals surface area contributed by atoms with Crippen LogP contribution in [0.1, 0.15) is 38.3 Å². The van der Waals surface area contributed by atoms with E-state index in [4.69, 9.17) is 14.2 Å². The molecular formula is C18H27NO5. The lowest BCUT2D eigenvalue weighted by Gasteiger charge is -2.44. The van der Waals surface area contributed by atoms with Crippen molar-refractivity contribution in [3.05, 3.63) is 23.8 Å². The summed E-state index contributed by atoms with van der Waals surface area (Å²) < 4.78 is 16.6. The van der Waals surface area contributed by atoms with Crippen LogP contribution in [-0.4, -0.2) is 55.5 Å². The SMILES string of the molecule is CCC1(CC)CN(C(C(=O)O)c2cc(OC)ccc2OC)CCO1. The number of methoxy groups -OCH3 is 2. The molecule has 0 amide bonds. The summed E-state index contributed by atoms with van der Waals surface area (Å²) in [6, 6.07) is 4.46. The minimum Gasteiger partial charge on any atom is -0.497 e. The Morgan fingerprint density at radius 3 is 2.58 bits per heavy atom. The molecule has 6 heteroatoms. The molecule has 2 rings (SSSR count). The average molecular weight is 337 g/mol. The molecule has 1 atom stereocenters. The van der Waals surface area contributed by atoms with Crippen LogP contribution in [0.3, 0.4) is 0 Å². The molecule has 1 aromatic rings. The van der Waals surface area contributed by atoms with Crippen LogP contribution in [0.4, 0.5) is 0 Å². The first-order chi connectivity index (χ1) is 11.5. The zero-order valence-electron chi connectivity index (χ0n) is 14.9. The third-order valence-corrected chi connectivity index (χ3v) is 4.90. The molecule has 1 heterocycles. The van der Waals surface area contributed by atoms with Gasteiger partial charge in [-0.3, -0.25) is 9.69 Å². The third kappa shape index (κ3) is 3.65. The maximum atomic E-state index is 12.1. The molecule has 24 heavy (non-hydrogen) atoms. The molecule has 0 aliphatic carbocycles. The molecule has 0 spiro atoms. The summed E-state index contributed by atoms with van der Waals surface area (Å²) >= 11 is 0. The Kier molecular flexibility index (Phi) is 6.07. The van der Waals surface area contributed by atoms with Gasteiger partial charge in [-0.2, -0.15) is 0 Å². The standard InChI is InChI=1S/C18H27NO5/c1-5-18(6-2)12-19(9-10-24-18)16(17(20)21)14-11-13(22-3)7-8-15(14)23-4/h7-8,11,16H,5-6,9-10,12H2,1-4H3,(H,20,21). The van der Waals surface area contributed by atoms with E-state index in [1.54, 1.807) is 32.4 Å². The number of carboxylic acids is 1. The van der Waals surface area contributed by atoms with Gasteiger partial charge in [-0.05, 0) is 31.0 Å². The summed E-state index contributed by atoms with van der Waals surface area (Å²) in [5, 5.41) is 9.90. The van der Waals surface area contributed by atoms with E-state index in [2.05, 4.69) is 13.8 Å². The second-order valence-electron chi connectivity index (χ2n) is 6.06. The summed E-state index contributed by atoms with van der Waals surface area (Å²) in [6.07, 6.45) is 1.70. The molecule has 1 unspecified atom stereocenters. The molecule has 0 aromatic heterocycles. The van der Waals surface area contributed by atoms with Crippen molar-refractivity contribution in [2.45, 2.75) is 38.3 Å². The highest BCUT2D eigenvalue weighted by atomic mass is 16.5. The van der Waals surface area contributed by atoms with Crippen molar-refractivity contribution in [1.29, 1.82) is 0 Å². The minimum atomic E-state index is -0.899. The van der Waals surface area contributed by atoms with Crippen molar-refractivity contribution in [3.63, 3.8) is 0 Å². The molecule has 1 saturated heterocycles. The van der Waals surface area contributed by atoms with E-state index in [0.29, 0.717) is 36.8 Å². The topological polar surface area (TPSA) is 68.2 Å². The van der Waals surface area contributed by atoms with E-state index in [-0.39, 0.29) is 5.60 Å². The van der Waals surface area contributed by atoms with Crippen LogP contribution in [0, 0.1) is 0 Å². The molecule has 1 aliphatic heterocycles. The van der Waals surface area contributed by atoms with Crippen LogP contribution in [0.2, 0.25) is 0 Å². The smallest absolute Gasteiger partial charge is 0.325 e.